The van der Waals surface area contributed by atoms with Gasteiger partial charge in [-0.3, -0.25) is 4.79 Å². The number of hydrogen-bond donors (Lipinski definition) is 0. The molecular formula is C9H11NOS. The lowest BCUT2D eigenvalue weighted by molar-refractivity contribution is 0.102. The zero-order chi connectivity index (χ0) is 8.72. The molecule has 2 rings (SSSR count). The minimum absolute atomic E-state index is 0.150. The average Bonchev–Trinajstić information content (AvgIpc) is 2.75. The largest absolute Gasteiger partial charge is 0.294 e. The normalized spacial score (nSPS) is 16.5. The van der Waals surface area contributed by atoms with Crippen LogP contribution in [0.1, 0.15) is 46.1 Å². The van der Waals surface area contributed by atoms with E-state index in [4.69, 9.17) is 0 Å². The predicted octanol–water partition coefficient (Wildman–Crippen LogP) is 2.53. The summed E-state index contributed by atoms with van der Waals surface area (Å²) in [5.74, 6) is 0.818. The van der Waals surface area contributed by atoms with Crippen molar-refractivity contribution in [1.82, 2.24) is 4.98 Å². The van der Waals surface area contributed by atoms with E-state index in [1.807, 2.05) is 6.92 Å². The highest BCUT2D eigenvalue weighted by Crippen LogP contribution is 2.42. The van der Waals surface area contributed by atoms with Gasteiger partial charge in [-0.25, -0.2) is 4.98 Å². The predicted molar refractivity (Wildman–Crippen MR) is 48.8 cm³/mol. The van der Waals surface area contributed by atoms with Crippen LogP contribution < -0.4 is 0 Å². The fourth-order valence-corrected chi connectivity index (χ4v) is 2.38. The first kappa shape index (κ1) is 7.92. The molecule has 1 fully saturated rings. The molecule has 1 saturated carbocycles. The van der Waals surface area contributed by atoms with Crippen LogP contribution in [0.15, 0.2) is 0 Å². The second-order valence-corrected chi connectivity index (χ2v) is 4.33. The second kappa shape index (κ2) is 2.66. The van der Waals surface area contributed by atoms with Crippen LogP contribution in [-0.2, 0) is 0 Å². The summed E-state index contributed by atoms with van der Waals surface area (Å²) in [5, 5.41) is 1.16. The van der Waals surface area contributed by atoms with E-state index in [9.17, 15) is 4.79 Å². The Balaban J connectivity index is 2.36. The highest BCUT2D eigenvalue weighted by molar-refractivity contribution is 7.14. The van der Waals surface area contributed by atoms with Crippen LogP contribution in [0.5, 0.6) is 0 Å². The van der Waals surface area contributed by atoms with Crippen molar-refractivity contribution >= 4 is 17.1 Å². The average molecular weight is 181 g/mol. The number of carbonyl (C=O) groups excluding carboxylic acids is 1. The van der Waals surface area contributed by atoms with E-state index < -0.39 is 0 Å². The van der Waals surface area contributed by atoms with E-state index in [2.05, 4.69) is 4.98 Å². The maximum absolute atomic E-state index is 11.1. The third-order valence-electron chi connectivity index (χ3n) is 2.06. The third-order valence-corrected chi connectivity index (χ3v) is 3.48. The van der Waals surface area contributed by atoms with E-state index >= 15 is 0 Å². The Kier molecular flexibility index (Phi) is 1.76. The summed E-state index contributed by atoms with van der Waals surface area (Å²) in [6.07, 6.45) is 2.51. The van der Waals surface area contributed by atoms with Crippen molar-refractivity contribution in [2.45, 2.75) is 32.6 Å². The van der Waals surface area contributed by atoms with E-state index in [-0.39, 0.29) is 5.78 Å². The number of aryl methyl sites for hydroxylation is 1. The smallest absolute Gasteiger partial charge is 0.171 e. The molecule has 0 radical (unpaired) electrons. The molecule has 3 heteroatoms. The Labute approximate surface area is 75.6 Å². The minimum Gasteiger partial charge on any atom is -0.294 e. The Morgan fingerprint density at radius 2 is 2.25 bits per heavy atom. The molecule has 0 aliphatic heterocycles. The monoisotopic (exact) mass is 181 g/mol. The Morgan fingerprint density at radius 1 is 1.58 bits per heavy atom. The van der Waals surface area contributed by atoms with Gasteiger partial charge in [0.05, 0.1) is 15.6 Å². The van der Waals surface area contributed by atoms with Crippen LogP contribution in [0.2, 0.25) is 0 Å². The molecule has 1 aliphatic rings. The highest BCUT2D eigenvalue weighted by Gasteiger charge is 2.28. The Morgan fingerprint density at radius 3 is 2.67 bits per heavy atom. The summed E-state index contributed by atoms with van der Waals surface area (Å²) in [6, 6.07) is 0. The second-order valence-electron chi connectivity index (χ2n) is 3.30. The first-order valence-electron chi connectivity index (χ1n) is 4.16. The quantitative estimate of drug-likeness (QED) is 0.656. The molecule has 0 spiro atoms. The highest BCUT2D eigenvalue weighted by atomic mass is 32.1. The summed E-state index contributed by atoms with van der Waals surface area (Å²) >= 11 is 1.58. The maximum atomic E-state index is 11.1. The summed E-state index contributed by atoms with van der Waals surface area (Å²) in [6.45, 7) is 3.52. The van der Waals surface area contributed by atoms with Crippen LogP contribution >= 0.6 is 11.3 Å². The zero-order valence-electron chi connectivity index (χ0n) is 7.26. The maximum Gasteiger partial charge on any atom is 0.171 e. The van der Waals surface area contributed by atoms with Crippen LogP contribution in [0, 0.1) is 6.92 Å². The lowest BCUT2D eigenvalue weighted by Gasteiger charge is -1.85. The minimum atomic E-state index is 0.150. The van der Waals surface area contributed by atoms with Gasteiger partial charge < -0.3 is 0 Å². The van der Waals surface area contributed by atoms with Gasteiger partial charge in [-0.15, -0.1) is 11.3 Å². The van der Waals surface area contributed by atoms with Crippen LogP contribution in [0.25, 0.3) is 0 Å². The molecule has 0 atom stereocenters. The molecule has 0 saturated heterocycles. The number of thiazole rings is 1. The molecule has 64 valence electrons. The van der Waals surface area contributed by atoms with Gasteiger partial charge in [-0.2, -0.15) is 0 Å². The summed E-state index contributed by atoms with van der Waals surface area (Å²) < 4.78 is 0. The topological polar surface area (TPSA) is 30.0 Å². The number of ketones is 1. The van der Waals surface area contributed by atoms with E-state index in [0.717, 1.165) is 15.6 Å². The van der Waals surface area contributed by atoms with Crippen molar-refractivity contribution in [3.05, 3.63) is 15.6 Å². The molecule has 0 aromatic carbocycles. The van der Waals surface area contributed by atoms with E-state index in [1.165, 1.54) is 12.8 Å². The first-order chi connectivity index (χ1) is 5.68. The van der Waals surface area contributed by atoms with Crippen LogP contribution in [0.4, 0.5) is 0 Å². The van der Waals surface area contributed by atoms with Gasteiger partial charge in [-0.1, -0.05) is 0 Å². The van der Waals surface area contributed by atoms with Crippen molar-refractivity contribution in [2.24, 2.45) is 0 Å². The van der Waals surface area contributed by atoms with Gasteiger partial charge in [0.2, 0.25) is 0 Å². The summed E-state index contributed by atoms with van der Waals surface area (Å²) in [4.78, 5) is 16.3. The van der Waals surface area contributed by atoms with E-state index in [0.29, 0.717) is 5.92 Å². The van der Waals surface area contributed by atoms with E-state index in [1.54, 1.807) is 18.3 Å². The molecule has 0 N–H and O–H groups in total. The van der Waals surface area contributed by atoms with Crippen molar-refractivity contribution in [3.8, 4) is 0 Å². The van der Waals surface area contributed by atoms with Gasteiger partial charge in [-0.05, 0) is 19.8 Å². The van der Waals surface area contributed by atoms with Gasteiger partial charge in [0.15, 0.2) is 5.78 Å². The number of nitrogens with zero attached hydrogens (tertiary/aromatic N) is 1. The lowest BCUT2D eigenvalue weighted by Crippen LogP contribution is -1.89. The first-order valence-corrected chi connectivity index (χ1v) is 4.98. The standard InChI is InChI=1S/C9H11NOS/c1-5-8(6(2)11)12-9(10-5)7-3-4-7/h7H,3-4H2,1-2H3. The Hall–Kier alpha value is -0.700. The number of Topliss-reactive ketones (excluding diaryl/α,β-unsaturated/α-hetero) is 1. The molecule has 1 aromatic heterocycles. The molecule has 12 heavy (non-hydrogen) atoms. The molecule has 0 bridgehead atoms. The zero-order valence-corrected chi connectivity index (χ0v) is 8.07. The lowest BCUT2D eigenvalue weighted by atomic mass is 10.3. The molecule has 0 amide bonds. The SMILES string of the molecule is CC(=O)c1sc(C2CC2)nc1C. The van der Waals surface area contributed by atoms with Crippen LogP contribution in [0.3, 0.4) is 0 Å². The van der Waals surface area contributed by atoms with Gasteiger partial charge in [0.1, 0.15) is 0 Å². The molecule has 0 unspecified atom stereocenters. The molecule has 1 aromatic rings. The molecule has 2 nitrogen and oxygen atoms in total. The molecule has 1 aliphatic carbocycles. The van der Waals surface area contributed by atoms with Crippen molar-refractivity contribution < 1.29 is 4.79 Å². The summed E-state index contributed by atoms with van der Waals surface area (Å²) in [5.41, 5.74) is 0.911. The van der Waals surface area contributed by atoms with Gasteiger partial charge in [0.25, 0.3) is 0 Å². The van der Waals surface area contributed by atoms with Crippen molar-refractivity contribution in [3.63, 3.8) is 0 Å². The van der Waals surface area contributed by atoms with Gasteiger partial charge in [0, 0.05) is 12.8 Å². The fourth-order valence-electron chi connectivity index (χ4n) is 1.25. The Bertz CT molecular complexity index is 325. The fraction of sp³-hybridized carbons (Fsp3) is 0.556. The van der Waals surface area contributed by atoms with Crippen LogP contribution in [-0.4, -0.2) is 10.8 Å². The third kappa shape index (κ3) is 1.29. The molecule has 1 heterocycles. The number of aromatic nitrogens is 1. The van der Waals surface area contributed by atoms with Gasteiger partial charge >= 0.3 is 0 Å². The number of rotatable bonds is 2. The number of carbonyl (C=O) groups is 1. The molecular weight excluding hydrogens is 170 g/mol. The van der Waals surface area contributed by atoms with Crippen molar-refractivity contribution in [1.29, 1.82) is 0 Å². The summed E-state index contributed by atoms with van der Waals surface area (Å²) in [7, 11) is 0. The number of hydrogen-bond acceptors (Lipinski definition) is 3. The van der Waals surface area contributed by atoms with Crippen molar-refractivity contribution in [2.75, 3.05) is 0 Å².